The van der Waals surface area contributed by atoms with Crippen LogP contribution in [0.3, 0.4) is 0 Å². The minimum absolute atomic E-state index is 0.146. The van der Waals surface area contributed by atoms with E-state index in [1.54, 1.807) is 13.0 Å². The smallest absolute Gasteiger partial charge is 0.336 e. The Morgan fingerprint density at radius 2 is 2.20 bits per heavy atom. The fourth-order valence-electron chi connectivity index (χ4n) is 1.55. The van der Waals surface area contributed by atoms with Gasteiger partial charge < -0.3 is 9.52 Å². The summed E-state index contributed by atoms with van der Waals surface area (Å²) in [6.07, 6.45) is 0.650. The van der Waals surface area contributed by atoms with Gasteiger partial charge in [0, 0.05) is 5.39 Å². The Hall–Kier alpha value is -2.10. The Labute approximate surface area is 85.1 Å². The summed E-state index contributed by atoms with van der Waals surface area (Å²) >= 11 is 0. The third-order valence-corrected chi connectivity index (χ3v) is 2.19. The van der Waals surface area contributed by atoms with Gasteiger partial charge in [-0.1, -0.05) is 0 Å². The second kappa shape index (κ2) is 3.24. The first-order valence-electron chi connectivity index (χ1n) is 4.35. The third-order valence-electron chi connectivity index (χ3n) is 2.19. The van der Waals surface area contributed by atoms with E-state index in [9.17, 15) is 9.59 Å². The molecule has 0 fully saturated rings. The van der Waals surface area contributed by atoms with Gasteiger partial charge in [0.15, 0.2) is 6.29 Å². The van der Waals surface area contributed by atoms with Crippen molar-refractivity contribution < 1.29 is 19.1 Å². The second-order valence-corrected chi connectivity index (χ2v) is 3.23. The molecule has 0 radical (unpaired) electrons. The summed E-state index contributed by atoms with van der Waals surface area (Å²) in [5.74, 6) is -0.444. The predicted octanol–water partition coefficient (Wildman–Crippen LogP) is 2.25. The second-order valence-electron chi connectivity index (χ2n) is 3.23. The Bertz CT molecular complexity index is 551. The molecular weight excluding hydrogens is 196 g/mol. The zero-order valence-corrected chi connectivity index (χ0v) is 7.98. The van der Waals surface area contributed by atoms with Crippen molar-refractivity contribution in [1.82, 2.24) is 0 Å². The summed E-state index contributed by atoms with van der Waals surface area (Å²) in [5.41, 5.74) is 0.845. The zero-order chi connectivity index (χ0) is 11.0. The van der Waals surface area contributed by atoms with E-state index in [-0.39, 0.29) is 5.56 Å². The van der Waals surface area contributed by atoms with Crippen LogP contribution in [0.25, 0.3) is 11.0 Å². The molecule has 0 aliphatic rings. The van der Waals surface area contributed by atoms with Crippen molar-refractivity contribution in [1.29, 1.82) is 0 Å². The van der Waals surface area contributed by atoms with E-state index in [1.807, 2.05) is 0 Å². The van der Waals surface area contributed by atoms with Crippen LogP contribution in [-0.4, -0.2) is 17.4 Å². The zero-order valence-electron chi connectivity index (χ0n) is 7.98. The van der Waals surface area contributed by atoms with Crippen LogP contribution in [0, 0.1) is 6.92 Å². The van der Waals surface area contributed by atoms with Crippen LogP contribution in [0.4, 0.5) is 0 Å². The van der Waals surface area contributed by atoms with Gasteiger partial charge in [-0.05, 0) is 25.1 Å². The number of benzene rings is 1. The Morgan fingerprint density at radius 1 is 1.47 bits per heavy atom. The Kier molecular flexibility index (Phi) is 2.04. The molecule has 0 atom stereocenters. The van der Waals surface area contributed by atoms with Crippen molar-refractivity contribution in [2.45, 2.75) is 6.92 Å². The molecule has 0 aliphatic carbocycles. The lowest BCUT2D eigenvalue weighted by molar-refractivity contribution is 0.0698. The molecule has 15 heavy (non-hydrogen) atoms. The van der Waals surface area contributed by atoms with E-state index >= 15 is 0 Å². The van der Waals surface area contributed by atoms with Crippen LogP contribution in [0.2, 0.25) is 0 Å². The maximum absolute atomic E-state index is 10.9. The molecule has 2 rings (SSSR count). The van der Waals surface area contributed by atoms with Gasteiger partial charge in [0.25, 0.3) is 0 Å². The molecule has 1 aromatic carbocycles. The minimum atomic E-state index is -1.03. The van der Waals surface area contributed by atoms with Crippen LogP contribution >= 0.6 is 0 Å². The normalized spacial score (nSPS) is 10.5. The number of carbonyl (C=O) groups excluding carboxylic acids is 1. The van der Waals surface area contributed by atoms with Crippen molar-refractivity contribution in [2.24, 2.45) is 0 Å². The van der Waals surface area contributed by atoms with Crippen LogP contribution < -0.4 is 0 Å². The van der Waals surface area contributed by atoms with Gasteiger partial charge in [0.1, 0.15) is 11.3 Å². The number of furan rings is 1. The summed E-state index contributed by atoms with van der Waals surface area (Å²) in [7, 11) is 0. The molecule has 0 bridgehead atoms. The molecular formula is C11H8O4. The summed E-state index contributed by atoms with van der Waals surface area (Å²) in [5, 5.41) is 9.39. The quantitative estimate of drug-likeness (QED) is 0.762. The summed E-state index contributed by atoms with van der Waals surface area (Å²) in [6, 6.07) is 4.47. The van der Waals surface area contributed by atoms with Gasteiger partial charge >= 0.3 is 5.97 Å². The van der Waals surface area contributed by atoms with Gasteiger partial charge in [0.05, 0.1) is 11.1 Å². The molecule has 1 heterocycles. The van der Waals surface area contributed by atoms with Crippen molar-refractivity contribution in [2.75, 3.05) is 0 Å². The minimum Gasteiger partial charge on any atom is -0.478 e. The summed E-state index contributed by atoms with van der Waals surface area (Å²) in [4.78, 5) is 21.6. The SMILES string of the molecule is Cc1cc2c(C(=O)O)ccc(C=O)c2o1. The lowest BCUT2D eigenvalue weighted by atomic mass is 10.1. The number of carboxylic acids is 1. The van der Waals surface area contributed by atoms with Crippen molar-refractivity contribution >= 4 is 23.2 Å². The third kappa shape index (κ3) is 1.40. The highest BCUT2D eigenvalue weighted by Gasteiger charge is 2.14. The average molecular weight is 204 g/mol. The van der Waals surface area contributed by atoms with Crippen molar-refractivity contribution in [3.63, 3.8) is 0 Å². The largest absolute Gasteiger partial charge is 0.478 e. The standard InChI is InChI=1S/C11H8O4/c1-6-4-9-8(11(13)14)3-2-7(5-12)10(9)15-6/h2-5H,1H3,(H,13,14). The van der Waals surface area contributed by atoms with Crippen molar-refractivity contribution in [3.8, 4) is 0 Å². The molecule has 0 saturated heterocycles. The van der Waals surface area contributed by atoms with Gasteiger partial charge in [-0.15, -0.1) is 0 Å². The van der Waals surface area contributed by atoms with Crippen LogP contribution in [0.1, 0.15) is 26.5 Å². The fourth-order valence-corrected chi connectivity index (χ4v) is 1.55. The van der Waals surface area contributed by atoms with E-state index in [4.69, 9.17) is 9.52 Å². The number of hydrogen-bond acceptors (Lipinski definition) is 3. The highest BCUT2D eigenvalue weighted by molar-refractivity contribution is 6.06. The highest BCUT2D eigenvalue weighted by Crippen LogP contribution is 2.25. The van der Waals surface area contributed by atoms with E-state index in [2.05, 4.69) is 0 Å². The number of carboxylic acid groups (broad SMARTS) is 1. The van der Waals surface area contributed by atoms with E-state index in [0.29, 0.717) is 28.6 Å². The van der Waals surface area contributed by atoms with E-state index < -0.39 is 5.97 Å². The Morgan fingerprint density at radius 3 is 2.80 bits per heavy atom. The van der Waals surface area contributed by atoms with E-state index in [0.717, 1.165) is 0 Å². The molecule has 4 nitrogen and oxygen atoms in total. The lowest BCUT2D eigenvalue weighted by Crippen LogP contribution is -1.97. The first kappa shape index (κ1) is 9.45. The Balaban J connectivity index is 2.88. The van der Waals surface area contributed by atoms with Crippen molar-refractivity contribution in [3.05, 3.63) is 35.1 Å². The monoisotopic (exact) mass is 204 g/mol. The lowest BCUT2D eigenvalue weighted by Gasteiger charge is -1.97. The van der Waals surface area contributed by atoms with Crippen LogP contribution in [0.5, 0.6) is 0 Å². The summed E-state index contributed by atoms with van der Waals surface area (Å²) < 4.78 is 5.29. The summed E-state index contributed by atoms with van der Waals surface area (Å²) in [6.45, 7) is 1.71. The first-order chi connectivity index (χ1) is 7.13. The number of fused-ring (bicyclic) bond motifs is 1. The molecule has 0 saturated carbocycles. The van der Waals surface area contributed by atoms with E-state index in [1.165, 1.54) is 12.1 Å². The average Bonchev–Trinajstić information content (AvgIpc) is 2.56. The van der Waals surface area contributed by atoms with Gasteiger partial charge in [0.2, 0.25) is 0 Å². The number of aryl methyl sites for hydroxylation is 1. The highest BCUT2D eigenvalue weighted by atomic mass is 16.4. The van der Waals surface area contributed by atoms with Crippen LogP contribution in [0.15, 0.2) is 22.6 Å². The molecule has 4 heteroatoms. The molecule has 1 aromatic heterocycles. The molecule has 0 spiro atoms. The molecule has 76 valence electrons. The fraction of sp³-hybridized carbons (Fsp3) is 0.0909. The van der Waals surface area contributed by atoms with Gasteiger partial charge in [-0.25, -0.2) is 4.79 Å². The number of rotatable bonds is 2. The number of aromatic carboxylic acids is 1. The number of aldehydes is 1. The number of hydrogen-bond donors (Lipinski definition) is 1. The molecule has 1 N–H and O–H groups in total. The molecule has 0 aliphatic heterocycles. The van der Waals surface area contributed by atoms with Crippen LogP contribution in [-0.2, 0) is 0 Å². The maximum Gasteiger partial charge on any atom is 0.336 e. The van der Waals surface area contributed by atoms with Gasteiger partial charge in [-0.2, -0.15) is 0 Å². The molecule has 0 amide bonds. The number of carbonyl (C=O) groups is 2. The maximum atomic E-state index is 10.9. The molecule has 0 unspecified atom stereocenters. The first-order valence-corrected chi connectivity index (χ1v) is 4.35. The predicted molar refractivity (Wildman–Crippen MR) is 53.3 cm³/mol. The molecule has 2 aromatic rings. The van der Waals surface area contributed by atoms with Gasteiger partial charge in [-0.3, -0.25) is 4.79 Å². The topological polar surface area (TPSA) is 67.5 Å².